The Kier molecular flexibility index (Phi) is 4.25. The first-order valence-electron chi connectivity index (χ1n) is 7.38. The molecule has 120 valence electrons. The molecule has 0 bridgehead atoms. The van der Waals surface area contributed by atoms with E-state index in [4.69, 9.17) is 4.74 Å². The van der Waals surface area contributed by atoms with Gasteiger partial charge in [-0.05, 0) is 48.6 Å². The average Bonchev–Trinajstić information content (AvgIpc) is 3.37. The highest BCUT2D eigenvalue weighted by Gasteiger charge is 2.34. The van der Waals surface area contributed by atoms with Crippen LogP contribution in [0.3, 0.4) is 0 Å². The molecule has 6 heteroatoms. The van der Waals surface area contributed by atoms with Crippen molar-refractivity contribution in [2.75, 3.05) is 0 Å². The zero-order valence-electron chi connectivity index (χ0n) is 12.3. The number of hydrogen-bond donors (Lipinski definition) is 1. The third-order valence-corrected chi connectivity index (χ3v) is 3.88. The van der Waals surface area contributed by atoms with Gasteiger partial charge in [0.2, 0.25) is 0 Å². The van der Waals surface area contributed by atoms with Gasteiger partial charge in [0.1, 0.15) is 18.2 Å². The molecule has 2 aromatic rings. The van der Waals surface area contributed by atoms with Crippen LogP contribution in [0, 0.1) is 21.8 Å². The van der Waals surface area contributed by atoms with Gasteiger partial charge in [-0.3, -0.25) is 10.1 Å². The Morgan fingerprint density at radius 3 is 2.74 bits per heavy atom. The van der Waals surface area contributed by atoms with E-state index in [1.807, 2.05) is 0 Å². The molecule has 1 aliphatic rings. The SMILES string of the molecule is O=[N+]([O-])c1ccc(OCc2cccc(F)c2)cc1C(O)C1CC1. The van der Waals surface area contributed by atoms with Gasteiger partial charge in [0.15, 0.2) is 0 Å². The molecule has 3 rings (SSSR count). The molecule has 1 saturated carbocycles. The fourth-order valence-corrected chi connectivity index (χ4v) is 2.48. The lowest BCUT2D eigenvalue weighted by atomic mass is 10.0. The van der Waals surface area contributed by atoms with Gasteiger partial charge >= 0.3 is 0 Å². The molecule has 0 amide bonds. The smallest absolute Gasteiger partial charge is 0.275 e. The highest BCUT2D eigenvalue weighted by molar-refractivity contribution is 5.47. The fraction of sp³-hybridized carbons (Fsp3) is 0.294. The fourth-order valence-electron chi connectivity index (χ4n) is 2.48. The van der Waals surface area contributed by atoms with Gasteiger partial charge in [0.05, 0.1) is 16.6 Å². The molecule has 5 nitrogen and oxygen atoms in total. The number of aliphatic hydroxyl groups excluding tert-OH is 1. The molecule has 1 fully saturated rings. The number of nitrogens with zero attached hydrogens (tertiary/aromatic N) is 1. The molecule has 0 aromatic heterocycles. The first-order valence-corrected chi connectivity index (χ1v) is 7.38. The molecule has 1 aliphatic carbocycles. The van der Waals surface area contributed by atoms with E-state index in [9.17, 15) is 19.6 Å². The van der Waals surface area contributed by atoms with Crippen molar-refractivity contribution in [1.82, 2.24) is 0 Å². The van der Waals surface area contributed by atoms with Gasteiger partial charge < -0.3 is 9.84 Å². The van der Waals surface area contributed by atoms with E-state index in [-0.39, 0.29) is 29.6 Å². The highest BCUT2D eigenvalue weighted by Crippen LogP contribution is 2.44. The lowest BCUT2D eigenvalue weighted by Crippen LogP contribution is -2.05. The van der Waals surface area contributed by atoms with E-state index in [1.165, 1.54) is 30.3 Å². The molecule has 0 radical (unpaired) electrons. The highest BCUT2D eigenvalue weighted by atomic mass is 19.1. The summed E-state index contributed by atoms with van der Waals surface area (Å²) in [7, 11) is 0. The quantitative estimate of drug-likeness (QED) is 0.650. The molecule has 0 heterocycles. The van der Waals surface area contributed by atoms with Crippen molar-refractivity contribution in [3.8, 4) is 5.75 Å². The monoisotopic (exact) mass is 317 g/mol. The maximum absolute atomic E-state index is 13.1. The largest absolute Gasteiger partial charge is 0.489 e. The second-order valence-electron chi connectivity index (χ2n) is 5.68. The lowest BCUT2D eigenvalue weighted by Gasteiger charge is -2.13. The van der Waals surface area contributed by atoms with E-state index in [0.29, 0.717) is 11.3 Å². The first-order chi connectivity index (χ1) is 11.0. The number of benzene rings is 2. The van der Waals surface area contributed by atoms with Crippen LogP contribution < -0.4 is 4.74 Å². The Hall–Kier alpha value is -2.47. The number of halogens is 1. The summed E-state index contributed by atoms with van der Waals surface area (Å²) in [6.07, 6.45) is 0.882. The van der Waals surface area contributed by atoms with Crippen molar-refractivity contribution in [3.05, 3.63) is 69.5 Å². The van der Waals surface area contributed by atoms with Crippen molar-refractivity contribution in [1.29, 1.82) is 0 Å². The van der Waals surface area contributed by atoms with Crippen molar-refractivity contribution in [2.24, 2.45) is 5.92 Å². The Morgan fingerprint density at radius 2 is 2.09 bits per heavy atom. The van der Waals surface area contributed by atoms with Crippen molar-refractivity contribution < 1.29 is 19.2 Å². The molecule has 0 spiro atoms. The minimum absolute atomic E-state index is 0.0761. The number of aliphatic hydroxyl groups is 1. The van der Waals surface area contributed by atoms with Gasteiger partial charge in [-0.25, -0.2) is 4.39 Å². The van der Waals surface area contributed by atoms with E-state index >= 15 is 0 Å². The number of nitro benzene ring substituents is 1. The molecule has 0 saturated heterocycles. The maximum Gasteiger partial charge on any atom is 0.275 e. The first kappa shape index (κ1) is 15.4. The third kappa shape index (κ3) is 3.65. The van der Waals surface area contributed by atoms with Gasteiger partial charge in [-0.15, -0.1) is 0 Å². The minimum atomic E-state index is -0.854. The molecule has 23 heavy (non-hydrogen) atoms. The summed E-state index contributed by atoms with van der Waals surface area (Å²) < 4.78 is 18.7. The Morgan fingerprint density at radius 1 is 1.30 bits per heavy atom. The summed E-state index contributed by atoms with van der Waals surface area (Å²) in [5.41, 5.74) is 0.824. The normalized spacial score (nSPS) is 15.2. The van der Waals surface area contributed by atoms with Crippen LogP contribution in [-0.2, 0) is 6.61 Å². The maximum atomic E-state index is 13.1. The van der Waals surface area contributed by atoms with Gasteiger partial charge in [-0.2, -0.15) is 0 Å². The molecular weight excluding hydrogens is 301 g/mol. The van der Waals surface area contributed by atoms with Crippen LogP contribution in [0.25, 0.3) is 0 Å². The van der Waals surface area contributed by atoms with Crippen LogP contribution in [0.5, 0.6) is 5.75 Å². The lowest BCUT2D eigenvalue weighted by molar-refractivity contribution is -0.386. The number of rotatable bonds is 6. The molecule has 1 N–H and O–H groups in total. The summed E-state index contributed by atoms with van der Waals surface area (Å²) in [5.74, 6) is 0.140. The predicted molar refractivity (Wildman–Crippen MR) is 81.5 cm³/mol. The van der Waals surface area contributed by atoms with Crippen LogP contribution in [0.4, 0.5) is 10.1 Å². The predicted octanol–water partition coefficient (Wildman–Crippen LogP) is 3.76. The van der Waals surface area contributed by atoms with Crippen LogP contribution >= 0.6 is 0 Å². The zero-order chi connectivity index (χ0) is 16.4. The van der Waals surface area contributed by atoms with E-state index in [0.717, 1.165) is 12.8 Å². The molecule has 1 unspecified atom stereocenters. The van der Waals surface area contributed by atoms with Crippen LogP contribution in [0.1, 0.15) is 30.1 Å². The minimum Gasteiger partial charge on any atom is -0.489 e. The summed E-state index contributed by atoms with van der Waals surface area (Å²) in [6, 6.07) is 10.4. The number of nitro groups is 1. The van der Waals surface area contributed by atoms with Crippen molar-refractivity contribution in [2.45, 2.75) is 25.6 Å². The van der Waals surface area contributed by atoms with Gasteiger partial charge in [-0.1, -0.05) is 12.1 Å². The summed E-state index contributed by atoms with van der Waals surface area (Å²) in [5, 5.41) is 21.3. The van der Waals surface area contributed by atoms with Crippen LogP contribution in [0.2, 0.25) is 0 Å². The summed E-state index contributed by atoms with van der Waals surface area (Å²) in [4.78, 5) is 10.6. The van der Waals surface area contributed by atoms with Crippen molar-refractivity contribution >= 4 is 5.69 Å². The summed E-state index contributed by atoms with van der Waals surface area (Å²) in [6.45, 7) is 0.147. The van der Waals surface area contributed by atoms with E-state index in [2.05, 4.69) is 0 Å². The van der Waals surface area contributed by atoms with Crippen molar-refractivity contribution in [3.63, 3.8) is 0 Å². The van der Waals surface area contributed by atoms with Crippen LogP contribution in [0.15, 0.2) is 42.5 Å². The van der Waals surface area contributed by atoms with Gasteiger partial charge in [0, 0.05) is 6.07 Å². The Bertz CT molecular complexity index is 730. The second-order valence-corrected chi connectivity index (χ2v) is 5.68. The second kappa shape index (κ2) is 6.34. The molecular formula is C17H16FNO4. The van der Waals surface area contributed by atoms with E-state index < -0.39 is 11.0 Å². The zero-order valence-corrected chi connectivity index (χ0v) is 12.3. The topological polar surface area (TPSA) is 72.6 Å². The van der Waals surface area contributed by atoms with Crippen LogP contribution in [-0.4, -0.2) is 10.0 Å². The Labute approximate surface area is 132 Å². The van der Waals surface area contributed by atoms with Gasteiger partial charge in [0.25, 0.3) is 5.69 Å². The average molecular weight is 317 g/mol. The third-order valence-electron chi connectivity index (χ3n) is 3.88. The molecule has 0 aliphatic heterocycles. The Balaban J connectivity index is 1.79. The number of hydrogen-bond acceptors (Lipinski definition) is 4. The molecule has 1 atom stereocenters. The standard InChI is InChI=1S/C17H16FNO4/c18-13-3-1-2-11(8-13)10-23-14-6-7-16(19(21)22)15(9-14)17(20)12-4-5-12/h1-3,6-9,12,17,20H,4-5,10H2. The number of ether oxygens (including phenoxy) is 1. The van der Waals surface area contributed by atoms with E-state index in [1.54, 1.807) is 12.1 Å². The summed E-state index contributed by atoms with van der Waals surface area (Å²) >= 11 is 0. The molecule has 2 aromatic carbocycles.